The van der Waals surface area contributed by atoms with Crippen molar-refractivity contribution < 1.29 is 0 Å². The van der Waals surface area contributed by atoms with Crippen molar-refractivity contribution >= 4 is 41.8 Å². The molecule has 3 N–H and O–H groups in total. The van der Waals surface area contributed by atoms with E-state index >= 15 is 0 Å². The first-order valence-electron chi connectivity index (χ1n) is 5.95. The molecule has 0 amide bonds. The summed E-state index contributed by atoms with van der Waals surface area (Å²) in [7, 11) is -1.79. The van der Waals surface area contributed by atoms with Crippen LogP contribution in [-0.4, -0.2) is 23.0 Å². The van der Waals surface area contributed by atoms with E-state index in [2.05, 4.69) is 48.8 Å². The highest BCUT2D eigenvalue weighted by Crippen LogP contribution is 2.35. The lowest BCUT2D eigenvalue weighted by molar-refractivity contribution is 0.726. The number of nitrogens with two attached hydrogens (primary N) is 1. The zero-order valence-electron chi connectivity index (χ0n) is 11.4. The Labute approximate surface area is 113 Å². The van der Waals surface area contributed by atoms with Gasteiger partial charge in [0, 0.05) is 6.20 Å². The molecular formula is C12H19ClN4Si. The van der Waals surface area contributed by atoms with Crippen LogP contribution >= 0.6 is 11.6 Å². The topological polar surface area (TPSA) is 67.6 Å². The van der Waals surface area contributed by atoms with Crippen LogP contribution in [0.25, 0.3) is 11.0 Å². The summed E-state index contributed by atoms with van der Waals surface area (Å²) >= 11 is 6.24. The molecule has 2 rings (SSSR count). The lowest BCUT2D eigenvalue weighted by Crippen LogP contribution is -2.52. The predicted octanol–water partition coefficient (Wildman–Crippen LogP) is 2.91. The molecule has 2 heterocycles. The van der Waals surface area contributed by atoms with Crippen LogP contribution in [0.4, 0.5) is 5.69 Å². The summed E-state index contributed by atoms with van der Waals surface area (Å²) in [5, 5.41) is 1.33. The number of hydrogen-bond donors (Lipinski definition) is 2. The summed E-state index contributed by atoms with van der Waals surface area (Å²) in [6, 6.07) is 0. The van der Waals surface area contributed by atoms with Gasteiger partial charge >= 0.3 is 0 Å². The number of nitrogens with one attached hydrogen (secondary N) is 1. The van der Waals surface area contributed by atoms with Crippen molar-refractivity contribution in [2.45, 2.75) is 38.9 Å². The average Bonchev–Trinajstić information content (AvgIpc) is 2.59. The molecule has 0 saturated heterocycles. The maximum absolute atomic E-state index is 6.24. The van der Waals surface area contributed by atoms with Crippen molar-refractivity contribution in [1.29, 1.82) is 0 Å². The van der Waals surface area contributed by atoms with E-state index in [0.717, 1.165) is 16.5 Å². The first kappa shape index (κ1) is 13.4. The molecule has 0 spiro atoms. The van der Waals surface area contributed by atoms with Crippen LogP contribution in [0.1, 0.15) is 20.8 Å². The van der Waals surface area contributed by atoms with Crippen LogP contribution in [0.3, 0.4) is 0 Å². The van der Waals surface area contributed by atoms with Gasteiger partial charge < -0.3 is 10.7 Å². The number of rotatable bonds is 1. The lowest BCUT2D eigenvalue weighted by atomic mass is 10.2. The molecule has 0 saturated carbocycles. The van der Waals surface area contributed by atoms with E-state index in [1.807, 2.05) is 0 Å². The summed E-state index contributed by atoms with van der Waals surface area (Å²) in [6.45, 7) is 11.2. The molecule has 2 aromatic heterocycles. The van der Waals surface area contributed by atoms with E-state index in [9.17, 15) is 0 Å². The number of H-pyrrole nitrogens is 1. The van der Waals surface area contributed by atoms with Crippen LogP contribution < -0.4 is 11.2 Å². The zero-order valence-corrected chi connectivity index (χ0v) is 13.2. The fraction of sp³-hybridized carbons (Fsp3) is 0.500. The first-order chi connectivity index (χ1) is 8.14. The van der Waals surface area contributed by atoms with Gasteiger partial charge in [-0.1, -0.05) is 45.5 Å². The molecule has 2 aromatic rings. The van der Waals surface area contributed by atoms with E-state index < -0.39 is 8.07 Å². The Hall–Kier alpha value is -1.07. The Kier molecular flexibility index (Phi) is 2.94. The number of nitrogens with zero attached hydrogens (tertiary/aromatic N) is 2. The second-order valence-electron chi connectivity index (χ2n) is 6.18. The molecule has 18 heavy (non-hydrogen) atoms. The highest BCUT2D eigenvalue weighted by atomic mass is 35.5. The lowest BCUT2D eigenvalue weighted by Gasteiger charge is -2.35. The maximum Gasteiger partial charge on any atom is 0.144 e. The molecule has 0 radical (unpaired) electrons. The maximum atomic E-state index is 6.24. The van der Waals surface area contributed by atoms with Crippen LogP contribution in [0.15, 0.2) is 6.20 Å². The third-order valence-corrected chi connectivity index (χ3v) is 9.32. The quantitative estimate of drug-likeness (QED) is 0.624. The van der Waals surface area contributed by atoms with Crippen LogP contribution in [0.2, 0.25) is 23.3 Å². The van der Waals surface area contributed by atoms with Gasteiger partial charge in [-0.05, 0) is 5.04 Å². The Balaban J connectivity index is 2.68. The largest absolute Gasteiger partial charge is 0.397 e. The number of aromatic amines is 1. The number of halogens is 1. The number of hydrogen-bond acceptors (Lipinski definition) is 3. The minimum atomic E-state index is -1.79. The predicted molar refractivity (Wildman–Crippen MR) is 80.1 cm³/mol. The number of aromatic nitrogens is 3. The summed E-state index contributed by atoms with van der Waals surface area (Å²) in [6.07, 6.45) is 1.71. The molecule has 0 aliphatic rings. The van der Waals surface area contributed by atoms with Gasteiger partial charge in [0.25, 0.3) is 0 Å². The summed E-state index contributed by atoms with van der Waals surface area (Å²) in [5.41, 5.74) is 8.03. The number of anilines is 1. The van der Waals surface area contributed by atoms with Crippen molar-refractivity contribution in [3.8, 4) is 0 Å². The third-order valence-electron chi connectivity index (χ3n) is 3.95. The summed E-state index contributed by atoms with van der Waals surface area (Å²) in [4.78, 5) is 12.2. The van der Waals surface area contributed by atoms with Gasteiger partial charge in [-0.15, -0.1) is 0 Å². The standard InChI is InChI=1S/C12H19ClN4Si/c1-12(2,3)18(4,5)11-16-9(13)8-7(14)6-15-10(8)17-11/h6H,14H2,1-5H3,(H,15,16,17). The van der Waals surface area contributed by atoms with Gasteiger partial charge in [0.15, 0.2) is 0 Å². The van der Waals surface area contributed by atoms with Gasteiger partial charge in [0.05, 0.1) is 11.1 Å². The van der Waals surface area contributed by atoms with E-state index in [0.29, 0.717) is 10.8 Å². The van der Waals surface area contributed by atoms with Crippen molar-refractivity contribution in [1.82, 2.24) is 15.0 Å². The Morgan fingerprint density at radius 3 is 2.44 bits per heavy atom. The highest BCUT2D eigenvalue weighted by Gasteiger charge is 2.40. The van der Waals surface area contributed by atoms with E-state index in [-0.39, 0.29) is 5.04 Å². The molecule has 98 valence electrons. The van der Waals surface area contributed by atoms with Crippen molar-refractivity contribution in [3.63, 3.8) is 0 Å². The normalized spacial score (nSPS) is 13.2. The number of nitrogen functional groups attached to an aromatic ring is 1. The average molecular weight is 283 g/mol. The molecule has 0 fully saturated rings. The Morgan fingerprint density at radius 2 is 1.89 bits per heavy atom. The SMILES string of the molecule is CC(C)(C)[Si](C)(C)c1nc(Cl)c2c(N)c[nH]c2n1. The van der Waals surface area contributed by atoms with Crippen LogP contribution in [0, 0.1) is 0 Å². The second-order valence-corrected chi connectivity index (χ2v) is 11.7. The highest BCUT2D eigenvalue weighted by molar-refractivity contribution is 6.91. The van der Waals surface area contributed by atoms with Crippen molar-refractivity contribution in [3.05, 3.63) is 11.3 Å². The fourth-order valence-electron chi connectivity index (χ4n) is 1.63. The first-order valence-corrected chi connectivity index (χ1v) is 9.33. The van der Waals surface area contributed by atoms with Gasteiger partial charge in [-0.25, -0.2) is 9.97 Å². The van der Waals surface area contributed by atoms with Crippen molar-refractivity contribution in [2.75, 3.05) is 5.73 Å². The molecule has 0 aromatic carbocycles. The molecule has 4 nitrogen and oxygen atoms in total. The van der Waals surface area contributed by atoms with Gasteiger partial charge in [0.1, 0.15) is 24.3 Å². The minimum Gasteiger partial charge on any atom is -0.397 e. The van der Waals surface area contributed by atoms with E-state index in [1.165, 1.54) is 0 Å². The molecule has 0 aliphatic heterocycles. The molecule has 0 unspecified atom stereocenters. The van der Waals surface area contributed by atoms with E-state index in [4.69, 9.17) is 17.3 Å². The molecule has 0 bridgehead atoms. The molecular weight excluding hydrogens is 264 g/mol. The smallest absolute Gasteiger partial charge is 0.144 e. The summed E-state index contributed by atoms with van der Waals surface area (Å²) in [5.74, 6) is 0. The van der Waals surface area contributed by atoms with Gasteiger partial charge in [-0.2, -0.15) is 0 Å². The number of fused-ring (bicyclic) bond motifs is 1. The zero-order chi connectivity index (χ0) is 13.7. The minimum absolute atomic E-state index is 0.169. The second kappa shape index (κ2) is 3.96. The Bertz CT molecular complexity index is 598. The molecule has 0 atom stereocenters. The fourth-order valence-corrected chi connectivity index (χ4v) is 3.43. The van der Waals surface area contributed by atoms with Gasteiger partial charge in [-0.3, -0.25) is 0 Å². The Morgan fingerprint density at radius 1 is 1.28 bits per heavy atom. The third kappa shape index (κ3) is 1.91. The van der Waals surface area contributed by atoms with Crippen LogP contribution in [-0.2, 0) is 0 Å². The van der Waals surface area contributed by atoms with Gasteiger partial charge in [0.2, 0.25) is 0 Å². The summed E-state index contributed by atoms with van der Waals surface area (Å²) < 4.78 is 0. The monoisotopic (exact) mass is 282 g/mol. The molecule has 0 aliphatic carbocycles. The molecule has 6 heteroatoms. The van der Waals surface area contributed by atoms with E-state index in [1.54, 1.807) is 6.20 Å². The van der Waals surface area contributed by atoms with Crippen LogP contribution in [0.5, 0.6) is 0 Å². The van der Waals surface area contributed by atoms with Crippen molar-refractivity contribution in [2.24, 2.45) is 0 Å².